The van der Waals surface area contributed by atoms with Crippen LogP contribution in [0.2, 0.25) is 0 Å². The first-order chi connectivity index (χ1) is 13.6. The predicted octanol–water partition coefficient (Wildman–Crippen LogP) is -11.3. The van der Waals surface area contributed by atoms with Crippen LogP contribution in [0.15, 0.2) is 0 Å². The Labute approximate surface area is 190 Å². The zero-order valence-corrected chi connectivity index (χ0v) is 17.3. The summed E-state index contributed by atoms with van der Waals surface area (Å²) < 4.78 is 0. The standard InChI is InChI=1S/2C7H14O8.Mg/c2*8-1-2(9)3(10)4(11)5(12)6(13)7(14)15;/h2*2-6,8-13H,1H2,(H,14,15);/q;;+2/p-2. The minimum atomic E-state index is -2.40. The van der Waals surface area contributed by atoms with Crippen molar-refractivity contribution in [3.05, 3.63) is 0 Å². The number of carboxylic acids is 2. The van der Waals surface area contributed by atoms with Crippen molar-refractivity contribution >= 4 is 35.0 Å². The molecule has 0 fully saturated rings. The summed E-state index contributed by atoms with van der Waals surface area (Å²) in [5, 5.41) is 126. The number of hydrogen-bond acceptors (Lipinski definition) is 16. The fourth-order valence-electron chi connectivity index (χ4n) is 1.73. The summed E-state index contributed by atoms with van der Waals surface area (Å²) in [6.07, 6.45) is -21.0. The molecular weight excluding hydrogens is 448 g/mol. The van der Waals surface area contributed by atoms with Crippen molar-refractivity contribution < 1.29 is 81.1 Å². The molecule has 180 valence electrons. The van der Waals surface area contributed by atoms with Gasteiger partial charge < -0.3 is 81.1 Å². The third kappa shape index (κ3) is 11.6. The van der Waals surface area contributed by atoms with Crippen molar-refractivity contribution in [2.45, 2.75) is 61.0 Å². The van der Waals surface area contributed by atoms with Gasteiger partial charge in [-0.2, -0.15) is 0 Å². The van der Waals surface area contributed by atoms with Gasteiger partial charge in [-0.15, -0.1) is 0 Å². The van der Waals surface area contributed by atoms with Gasteiger partial charge in [0.05, 0.1) is 25.2 Å². The number of carbonyl (C=O) groups excluding carboxylic acids is 2. The number of aliphatic hydroxyl groups is 12. The summed E-state index contributed by atoms with van der Waals surface area (Å²) in [5.74, 6) is -4.07. The maximum absolute atomic E-state index is 10.1. The van der Waals surface area contributed by atoms with Crippen molar-refractivity contribution in [2.75, 3.05) is 13.2 Å². The molecule has 17 heteroatoms. The van der Waals surface area contributed by atoms with Crippen LogP contribution in [0.5, 0.6) is 0 Å². The predicted molar refractivity (Wildman–Crippen MR) is 90.0 cm³/mol. The van der Waals surface area contributed by atoms with Crippen LogP contribution in [0.4, 0.5) is 0 Å². The molecule has 0 amide bonds. The van der Waals surface area contributed by atoms with Crippen LogP contribution >= 0.6 is 0 Å². The van der Waals surface area contributed by atoms with Crippen molar-refractivity contribution in [2.24, 2.45) is 0 Å². The number of carbonyl (C=O) groups is 2. The van der Waals surface area contributed by atoms with Gasteiger partial charge in [-0.25, -0.2) is 0 Å². The van der Waals surface area contributed by atoms with Crippen molar-refractivity contribution in [1.82, 2.24) is 0 Å². The second-order valence-electron chi connectivity index (χ2n) is 5.97. The Morgan fingerprint density at radius 2 is 0.742 bits per heavy atom. The van der Waals surface area contributed by atoms with Gasteiger partial charge in [0.1, 0.15) is 61.0 Å². The molecule has 0 spiro atoms. The summed E-state index contributed by atoms with van der Waals surface area (Å²) in [7, 11) is 0. The average molecular weight is 475 g/mol. The van der Waals surface area contributed by atoms with E-state index in [0.29, 0.717) is 0 Å². The van der Waals surface area contributed by atoms with E-state index in [4.69, 9.17) is 61.3 Å². The molecule has 0 rings (SSSR count). The van der Waals surface area contributed by atoms with E-state index < -0.39 is 86.2 Å². The minimum Gasteiger partial charge on any atom is -0.547 e. The van der Waals surface area contributed by atoms with Crippen LogP contribution < -0.4 is 10.2 Å². The van der Waals surface area contributed by atoms with Gasteiger partial charge in [-0.3, -0.25) is 0 Å². The van der Waals surface area contributed by atoms with Gasteiger partial charge in [0.2, 0.25) is 0 Å². The van der Waals surface area contributed by atoms with Gasteiger partial charge in [-0.1, -0.05) is 0 Å². The van der Waals surface area contributed by atoms with Crippen molar-refractivity contribution in [3.63, 3.8) is 0 Å². The molecule has 0 aromatic heterocycles. The Kier molecular flexibility index (Phi) is 18.9. The fourth-order valence-corrected chi connectivity index (χ4v) is 1.73. The third-order valence-corrected chi connectivity index (χ3v) is 3.69. The number of carboxylic acid groups (broad SMARTS) is 2. The topological polar surface area (TPSA) is 323 Å². The van der Waals surface area contributed by atoms with E-state index in [2.05, 4.69) is 0 Å². The maximum Gasteiger partial charge on any atom is 2.00 e. The summed E-state index contributed by atoms with van der Waals surface area (Å²) in [4.78, 5) is 20.2. The quantitative estimate of drug-likeness (QED) is 0.117. The van der Waals surface area contributed by atoms with Crippen LogP contribution in [-0.4, -0.2) is 171 Å². The van der Waals surface area contributed by atoms with Crippen LogP contribution in [0.1, 0.15) is 0 Å². The van der Waals surface area contributed by atoms with E-state index in [9.17, 15) is 19.8 Å². The first kappa shape index (κ1) is 34.8. The Morgan fingerprint density at radius 3 is 0.903 bits per heavy atom. The van der Waals surface area contributed by atoms with E-state index >= 15 is 0 Å². The second-order valence-corrected chi connectivity index (χ2v) is 5.97. The Morgan fingerprint density at radius 1 is 0.516 bits per heavy atom. The molecular formula is C14H26MgO16. The zero-order valence-electron chi connectivity index (χ0n) is 15.9. The Hall–Kier alpha value is -0.774. The van der Waals surface area contributed by atoms with Crippen LogP contribution in [-0.2, 0) is 9.59 Å². The minimum absolute atomic E-state index is 0. The fraction of sp³-hybridized carbons (Fsp3) is 0.857. The molecule has 0 bridgehead atoms. The van der Waals surface area contributed by atoms with E-state index in [1.54, 1.807) is 0 Å². The first-order valence-electron chi connectivity index (χ1n) is 8.09. The van der Waals surface area contributed by atoms with Crippen LogP contribution in [0.3, 0.4) is 0 Å². The van der Waals surface area contributed by atoms with Crippen LogP contribution in [0, 0.1) is 0 Å². The van der Waals surface area contributed by atoms with Gasteiger partial charge in [0.25, 0.3) is 0 Å². The zero-order chi connectivity index (χ0) is 24.3. The molecule has 10 atom stereocenters. The molecule has 12 N–H and O–H groups in total. The molecule has 0 aliphatic rings. The molecule has 0 saturated carbocycles. The van der Waals surface area contributed by atoms with E-state index in [1.807, 2.05) is 0 Å². The normalized spacial score (nSPS) is 20.8. The Bertz CT molecular complexity index is 465. The third-order valence-electron chi connectivity index (χ3n) is 3.69. The van der Waals surface area contributed by atoms with E-state index in [1.165, 1.54) is 0 Å². The summed E-state index contributed by atoms with van der Waals surface area (Å²) >= 11 is 0. The maximum atomic E-state index is 10.1. The van der Waals surface area contributed by atoms with Gasteiger partial charge in [-0.05, 0) is 0 Å². The molecule has 0 heterocycles. The number of aliphatic hydroxyl groups excluding tert-OH is 12. The van der Waals surface area contributed by atoms with Crippen molar-refractivity contribution in [1.29, 1.82) is 0 Å². The second kappa shape index (κ2) is 16.8. The molecule has 0 aliphatic carbocycles. The summed E-state index contributed by atoms with van der Waals surface area (Å²) in [5.41, 5.74) is 0. The Balaban J connectivity index is -0.000000490. The summed E-state index contributed by atoms with van der Waals surface area (Å²) in [6, 6.07) is 0. The molecule has 0 saturated heterocycles. The monoisotopic (exact) mass is 474 g/mol. The molecule has 0 aromatic carbocycles. The summed E-state index contributed by atoms with van der Waals surface area (Å²) in [6.45, 7) is -1.79. The van der Waals surface area contributed by atoms with Gasteiger partial charge >= 0.3 is 23.1 Å². The van der Waals surface area contributed by atoms with Crippen molar-refractivity contribution in [3.8, 4) is 0 Å². The number of rotatable bonds is 12. The first-order valence-corrected chi connectivity index (χ1v) is 8.09. The van der Waals surface area contributed by atoms with E-state index in [-0.39, 0.29) is 23.1 Å². The SMILES string of the molecule is O=C([O-])C(O)C(O)C(O)C(O)C(O)CO.O=C([O-])C(O)C(O)C(O)C(O)C(O)CO.[Mg+2]. The van der Waals surface area contributed by atoms with E-state index in [0.717, 1.165) is 0 Å². The van der Waals surface area contributed by atoms with Crippen LogP contribution in [0.25, 0.3) is 0 Å². The molecule has 0 aromatic rings. The number of aliphatic carboxylic acids is 2. The average Bonchev–Trinajstić information content (AvgIpc) is 2.73. The smallest absolute Gasteiger partial charge is 0.547 e. The number of hydrogen-bond donors (Lipinski definition) is 12. The molecule has 31 heavy (non-hydrogen) atoms. The largest absolute Gasteiger partial charge is 2.00 e. The molecule has 16 nitrogen and oxygen atoms in total. The molecule has 0 aliphatic heterocycles. The van der Waals surface area contributed by atoms with Gasteiger partial charge in [0.15, 0.2) is 0 Å². The molecule has 0 radical (unpaired) electrons. The molecule has 10 unspecified atom stereocenters. The van der Waals surface area contributed by atoms with Gasteiger partial charge in [0, 0.05) is 0 Å².